The van der Waals surface area contributed by atoms with Gasteiger partial charge in [0.1, 0.15) is 0 Å². The Kier molecular flexibility index (Phi) is 22.1. The van der Waals surface area contributed by atoms with Gasteiger partial charge in [0, 0.05) is 17.7 Å². The van der Waals surface area contributed by atoms with E-state index < -0.39 is 18.6 Å². The second-order valence-corrected chi connectivity index (χ2v) is 7.67. The number of hydrogen-bond donors (Lipinski definition) is 0. The van der Waals surface area contributed by atoms with Gasteiger partial charge in [-0.1, -0.05) is 51.0 Å². The van der Waals surface area contributed by atoms with Crippen LogP contribution in [0.25, 0.3) is 0 Å². The summed E-state index contributed by atoms with van der Waals surface area (Å²) in [5, 5.41) is 1.18. The summed E-state index contributed by atoms with van der Waals surface area (Å²) in [4.78, 5) is 3.78. The van der Waals surface area contributed by atoms with Crippen molar-refractivity contribution < 1.29 is 60.3 Å². The number of unbranched alkanes of at least 4 members (excludes halogenated alkanes) is 2. The van der Waals surface area contributed by atoms with E-state index in [0.717, 1.165) is 38.9 Å². The van der Waals surface area contributed by atoms with Crippen LogP contribution in [0.2, 0.25) is 0 Å². The van der Waals surface area contributed by atoms with Crippen molar-refractivity contribution >= 4 is 13.7 Å². The smallest absolute Gasteiger partial charge is 0.331 e. The van der Waals surface area contributed by atoms with Crippen molar-refractivity contribution in [3.63, 3.8) is 0 Å². The molecule has 1 heterocycles. The van der Waals surface area contributed by atoms with Gasteiger partial charge in [0.15, 0.2) is 0 Å². The van der Waals surface area contributed by atoms with E-state index in [2.05, 4.69) is 31.0 Å². The van der Waals surface area contributed by atoms with Gasteiger partial charge in [-0.05, 0) is 37.1 Å². The molecular formula is C19H28AuClNO6P. The standard InChI is InChI=1S/C14H23O2P.C5H5N.Au.ClHO4/c1-3-5-12-15-17(16-13-6-4-2)14-10-8-7-9-11-14;1-2-4-6-5-3-1;;2-1(3,4)5/h7-11H,3-6,12-13H2,1-2H3;1-5H;;(H,2,3,4,5)/q;;+1;/p-1. The van der Waals surface area contributed by atoms with E-state index in [0.29, 0.717) is 0 Å². The van der Waals surface area contributed by atoms with E-state index in [1.165, 1.54) is 5.30 Å². The van der Waals surface area contributed by atoms with Crippen molar-refractivity contribution in [2.45, 2.75) is 39.5 Å². The Hall–Kier alpha value is -0.410. The zero-order valence-corrected chi connectivity index (χ0v) is 20.4. The molecule has 0 spiro atoms. The number of halogens is 1. The third kappa shape index (κ3) is 23.7. The summed E-state index contributed by atoms with van der Waals surface area (Å²) in [6, 6.07) is 16.0. The molecule has 0 unspecified atom stereocenters. The van der Waals surface area contributed by atoms with Crippen LogP contribution in [0.15, 0.2) is 60.9 Å². The van der Waals surface area contributed by atoms with Gasteiger partial charge in [0.2, 0.25) is 8.38 Å². The first-order valence-corrected chi connectivity index (χ1v) is 11.4. The summed E-state index contributed by atoms with van der Waals surface area (Å²) in [7, 11) is -5.82. The number of aromatic nitrogens is 1. The molecule has 1 aromatic carbocycles. The number of benzene rings is 1. The minimum Gasteiger partial charge on any atom is -0.331 e. The minimum absolute atomic E-state index is 0. The van der Waals surface area contributed by atoms with Crippen LogP contribution in [0.5, 0.6) is 0 Å². The number of pyridine rings is 1. The Bertz CT molecular complexity index is 523. The molecule has 0 fully saturated rings. The minimum atomic E-state index is -4.94. The van der Waals surface area contributed by atoms with Crippen LogP contribution in [0, 0.1) is 10.2 Å². The molecule has 0 aliphatic rings. The molecule has 0 amide bonds. The van der Waals surface area contributed by atoms with Gasteiger partial charge in [-0.25, -0.2) is 18.6 Å². The maximum absolute atomic E-state index is 8.49. The summed E-state index contributed by atoms with van der Waals surface area (Å²) in [6.45, 7) is 5.94. The maximum Gasteiger partial charge on any atom is 1.00 e. The molecule has 0 atom stereocenters. The Morgan fingerprint density at radius 2 is 1.21 bits per heavy atom. The summed E-state index contributed by atoms with van der Waals surface area (Å²) >= 11 is 0. The summed E-state index contributed by atoms with van der Waals surface area (Å²) in [5.41, 5.74) is 0. The van der Waals surface area contributed by atoms with Gasteiger partial charge in [-0.3, -0.25) is 4.98 Å². The van der Waals surface area contributed by atoms with Crippen LogP contribution < -0.4 is 23.9 Å². The molecule has 0 saturated carbocycles. The van der Waals surface area contributed by atoms with E-state index in [1.54, 1.807) is 12.4 Å². The van der Waals surface area contributed by atoms with Crippen LogP contribution in [0.1, 0.15) is 39.5 Å². The van der Waals surface area contributed by atoms with Crippen LogP contribution in [-0.2, 0) is 31.4 Å². The molecule has 29 heavy (non-hydrogen) atoms. The van der Waals surface area contributed by atoms with E-state index in [-0.39, 0.29) is 22.4 Å². The fraction of sp³-hybridized carbons (Fsp3) is 0.421. The molecule has 10 heteroatoms. The molecule has 0 radical (unpaired) electrons. The first-order chi connectivity index (χ1) is 13.4. The average Bonchev–Trinajstić information content (AvgIpc) is 2.68. The van der Waals surface area contributed by atoms with Crippen LogP contribution in [-0.4, -0.2) is 18.2 Å². The largest absolute Gasteiger partial charge is 1.00 e. The maximum atomic E-state index is 8.49. The summed E-state index contributed by atoms with van der Waals surface area (Å²) < 4.78 is 45.7. The quantitative estimate of drug-likeness (QED) is 0.226. The van der Waals surface area contributed by atoms with Crippen molar-refractivity contribution in [2.75, 3.05) is 13.2 Å². The molecule has 1 aromatic heterocycles. The number of rotatable bonds is 9. The van der Waals surface area contributed by atoms with Crippen molar-refractivity contribution in [3.8, 4) is 0 Å². The third-order valence-electron chi connectivity index (χ3n) is 2.95. The molecule has 2 aromatic rings. The molecule has 0 aliphatic carbocycles. The molecule has 0 aliphatic heterocycles. The first-order valence-electron chi connectivity index (χ1n) is 8.96. The Morgan fingerprint density at radius 3 is 1.52 bits per heavy atom. The molecule has 0 N–H and O–H groups in total. The van der Waals surface area contributed by atoms with Crippen molar-refractivity contribution in [1.29, 1.82) is 0 Å². The van der Waals surface area contributed by atoms with Gasteiger partial charge in [-0.15, -0.1) is 10.2 Å². The summed E-state index contributed by atoms with van der Waals surface area (Å²) in [5.74, 6) is 0. The fourth-order valence-corrected chi connectivity index (χ4v) is 3.01. The van der Waals surface area contributed by atoms with Gasteiger partial charge >= 0.3 is 22.4 Å². The average molecular weight is 630 g/mol. The number of hydrogen-bond acceptors (Lipinski definition) is 7. The molecule has 2 rings (SSSR count). The van der Waals surface area contributed by atoms with E-state index >= 15 is 0 Å². The van der Waals surface area contributed by atoms with E-state index in [1.807, 2.05) is 36.4 Å². The first kappa shape index (κ1) is 30.8. The molecule has 0 bridgehead atoms. The second-order valence-electron chi connectivity index (χ2n) is 5.37. The Labute approximate surface area is 192 Å². The zero-order valence-electron chi connectivity index (χ0n) is 16.5. The van der Waals surface area contributed by atoms with Crippen molar-refractivity contribution in [1.82, 2.24) is 4.98 Å². The SMILES string of the molecule is CCCCOP(OCCCC)c1ccccc1.[Au+].[O-][Cl+3]([O-])([O-])[O-].c1ccncc1. The van der Waals surface area contributed by atoms with E-state index in [9.17, 15) is 0 Å². The second kappa shape index (κ2) is 20.8. The normalized spacial score (nSPS) is 10.2. The van der Waals surface area contributed by atoms with Crippen molar-refractivity contribution in [3.05, 3.63) is 60.9 Å². The molecule has 168 valence electrons. The number of nitrogens with zero attached hydrogens (tertiary/aromatic N) is 1. The predicted octanol–water partition coefficient (Wildman–Crippen LogP) is 0.580. The molecule has 0 saturated heterocycles. The topological polar surface area (TPSA) is 124 Å². The fourth-order valence-electron chi connectivity index (χ4n) is 1.63. The van der Waals surface area contributed by atoms with Crippen LogP contribution >= 0.6 is 8.38 Å². The molecular weight excluding hydrogens is 602 g/mol. The van der Waals surface area contributed by atoms with Gasteiger partial charge < -0.3 is 9.05 Å². The van der Waals surface area contributed by atoms with Gasteiger partial charge in [0.05, 0.1) is 13.2 Å². The molecule has 7 nitrogen and oxygen atoms in total. The van der Waals surface area contributed by atoms with Gasteiger partial charge in [-0.2, -0.15) is 0 Å². The van der Waals surface area contributed by atoms with E-state index in [4.69, 9.17) is 27.7 Å². The van der Waals surface area contributed by atoms with Crippen LogP contribution in [0.3, 0.4) is 0 Å². The summed E-state index contributed by atoms with van der Waals surface area (Å²) in [6.07, 6.45) is 8.02. The Balaban J connectivity index is 0. The van der Waals surface area contributed by atoms with Gasteiger partial charge in [0.25, 0.3) is 0 Å². The zero-order chi connectivity index (χ0) is 21.1. The Morgan fingerprint density at radius 1 is 0.793 bits per heavy atom. The third-order valence-corrected chi connectivity index (χ3v) is 4.50. The van der Waals surface area contributed by atoms with Crippen molar-refractivity contribution in [2.24, 2.45) is 0 Å². The monoisotopic (exact) mass is 629 g/mol. The van der Waals surface area contributed by atoms with Crippen LogP contribution in [0.4, 0.5) is 0 Å². The predicted molar refractivity (Wildman–Crippen MR) is 99.0 cm³/mol.